The van der Waals surface area contributed by atoms with Crippen LogP contribution in [0.15, 0.2) is 65.4 Å². The number of carbonyl (C=O) groups is 2. The van der Waals surface area contributed by atoms with Gasteiger partial charge in [-0.3, -0.25) is 9.59 Å². The number of hydrogen-bond donors (Lipinski definition) is 2. The van der Waals surface area contributed by atoms with E-state index in [9.17, 15) is 9.59 Å². The van der Waals surface area contributed by atoms with Gasteiger partial charge in [-0.2, -0.15) is 5.10 Å². The highest BCUT2D eigenvalue weighted by molar-refractivity contribution is 9.10. The third kappa shape index (κ3) is 4.37. The Hall–Kier alpha value is -2.93. The first-order chi connectivity index (χ1) is 12.5. The lowest BCUT2D eigenvalue weighted by Gasteiger charge is -2.09. The Kier molecular flexibility index (Phi) is 5.48. The Morgan fingerprint density at radius 3 is 2.58 bits per heavy atom. The molecule has 2 N–H and O–H groups in total. The zero-order chi connectivity index (χ0) is 18.5. The van der Waals surface area contributed by atoms with Crippen LogP contribution in [0.1, 0.15) is 15.9 Å². The number of amides is 2. The van der Waals surface area contributed by atoms with E-state index in [4.69, 9.17) is 0 Å². The van der Waals surface area contributed by atoms with Gasteiger partial charge in [0.25, 0.3) is 5.91 Å². The van der Waals surface area contributed by atoms with Crippen LogP contribution in [0.5, 0.6) is 0 Å². The molecule has 0 spiro atoms. The van der Waals surface area contributed by atoms with Gasteiger partial charge in [0.05, 0.1) is 12.2 Å². The number of carbonyl (C=O) groups excluding carboxylic acids is 2. The van der Waals surface area contributed by atoms with Gasteiger partial charge in [0.2, 0.25) is 5.91 Å². The van der Waals surface area contributed by atoms with Crippen LogP contribution < -0.4 is 10.6 Å². The van der Waals surface area contributed by atoms with Gasteiger partial charge in [-0.05, 0) is 61.0 Å². The molecule has 0 radical (unpaired) electrons. The summed E-state index contributed by atoms with van der Waals surface area (Å²) in [6, 6.07) is 14.3. The van der Waals surface area contributed by atoms with Crippen LogP contribution in [0.4, 0.5) is 5.69 Å². The van der Waals surface area contributed by atoms with E-state index in [2.05, 4.69) is 31.7 Å². The number of nitrogens with one attached hydrogen (secondary N) is 2. The summed E-state index contributed by atoms with van der Waals surface area (Å²) in [4.78, 5) is 24.2. The Morgan fingerprint density at radius 1 is 1.15 bits per heavy atom. The number of anilines is 1. The van der Waals surface area contributed by atoms with Crippen LogP contribution in [0.25, 0.3) is 5.69 Å². The van der Waals surface area contributed by atoms with Crippen molar-refractivity contribution in [3.63, 3.8) is 0 Å². The lowest BCUT2D eigenvalue weighted by atomic mass is 10.2. The molecule has 0 fully saturated rings. The average molecular weight is 413 g/mol. The summed E-state index contributed by atoms with van der Waals surface area (Å²) in [7, 11) is 0. The smallest absolute Gasteiger partial charge is 0.251 e. The van der Waals surface area contributed by atoms with Gasteiger partial charge in [-0.25, -0.2) is 4.68 Å². The molecule has 2 amide bonds. The Bertz CT molecular complexity index is 921. The van der Waals surface area contributed by atoms with E-state index in [1.165, 1.54) is 0 Å². The summed E-state index contributed by atoms with van der Waals surface area (Å²) < 4.78 is 2.68. The van der Waals surface area contributed by atoms with Crippen molar-refractivity contribution in [3.05, 3.63) is 76.5 Å². The number of rotatable bonds is 5. The largest absolute Gasteiger partial charge is 0.343 e. The van der Waals surface area contributed by atoms with Crippen molar-refractivity contribution in [1.82, 2.24) is 15.1 Å². The van der Waals surface area contributed by atoms with E-state index in [1.807, 2.05) is 31.3 Å². The monoisotopic (exact) mass is 412 g/mol. The van der Waals surface area contributed by atoms with Gasteiger partial charge in [-0.1, -0.05) is 15.9 Å². The molecule has 3 rings (SSSR count). The van der Waals surface area contributed by atoms with Gasteiger partial charge in [0.1, 0.15) is 0 Å². The standard InChI is InChI=1S/C19H17BrN4O2/c1-13-11-15(5-8-17(13)20)23-18(25)12-21-19(26)14-3-6-16(7-4-14)24-10-2-9-22-24/h2-11H,12H2,1H3,(H,21,26)(H,23,25). The molecular formula is C19H17BrN4O2. The number of hydrogen-bond acceptors (Lipinski definition) is 3. The van der Waals surface area contributed by atoms with Crippen molar-refractivity contribution in [2.45, 2.75) is 6.92 Å². The van der Waals surface area contributed by atoms with Crippen LogP contribution in [-0.4, -0.2) is 28.1 Å². The molecule has 0 aliphatic carbocycles. The highest BCUT2D eigenvalue weighted by Crippen LogP contribution is 2.19. The van der Waals surface area contributed by atoms with Crippen LogP contribution in [-0.2, 0) is 4.79 Å². The minimum Gasteiger partial charge on any atom is -0.343 e. The van der Waals surface area contributed by atoms with Gasteiger partial charge >= 0.3 is 0 Å². The first-order valence-corrected chi connectivity index (χ1v) is 8.76. The maximum absolute atomic E-state index is 12.2. The zero-order valence-electron chi connectivity index (χ0n) is 14.1. The van der Waals surface area contributed by atoms with Crippen molar-refractivity contribution >= 4 is 33.4 Å². The first kappa shape index (κ1) is 17.9. The fourth-order valence-corrected chi connectivity index (χ4v) is 2.62. The second kappa shape index (κ2) is 7.97. The second-order valence-corrected chi connectivity index (χ2v) is 6.55. The highest BCUT2D eigenvalue weighted by Gasteiger charge is 2.09. The quantitative estimate of drug-likeness (QED) is 0.674. The maximum atomic E-state index is 12.2. The van der Waals surface area contributed by atoms with Crippen molar-refractivity contribution in [3.8, 4) is 5.69 Å². The molecule has 0 unspecified atom stereocenters. The second-order valence-electron chi connectivity index (χ2n) is 5.69. The summed E-state index contributed by atoms with van der Waals surface area (Å²) >= 11 is 3.41. The average Bonchev–Trinajstić information content (AvgIpc) is 3.18. The molecular weight excluding hydrogens is 396 g/mol. The number of nitrogens with zero attached hydrogens (tertiary/aromatic N) is 2. The first-order valence-electron chi connectivity index (χ1n) is 7.97. The summed E-state index contributed by atoms with van der Waals surface area (Å²) in [5.74, 6) is -0.590. The molecule has 0 aliphatic rings. The molecule has 6 nitrogen and oxygen atoms in total. The molecule has 7 heteroatoms. The van der Waals surface area contributed by atoms with Crippen molar-refractivity contribution < 1.29 is 9.59 Å². The van der Waals surface area contributed by atoms with Gasteiger partial charge < -0.3 is 10.6 Å². The third-order valence-electron chi connectivity index (χ3n) is 3.75. The molecule has 26 heavy (non-hydrogen) atoms. The van der Waals surface area contributed by atoms with Gasteiger partial charge in [-0.15, -0.1) is 0 Å². The molecule has 2 aromatic carbocycles. The van der Waals surface area contributed by atoms with E-state index < -0.39 is 0 Å². The SMILES string of the molecule is Cc1cc(NC(=O)CNC(=O)c2ccc(-n3cccn3)cc2)ccc1Br. The fourth-order valence-electron chi connectivity index (χ4n) is 2.38. The Balaban J connectivity index is 1.54. The Labute approximate surface area is 159 Å². The number of aryl methyl sites for hydroxylation is 1. The summed E-state index contributed by atoms with van der Waals surface area (Å²) in [5, 5.41) is 9.51. The predicted octanol–water partition coefficient (Wildman–Crippen LogP) is 3.31. The van der Waals surface area contributed by atoms with E-state index >= 15 is 0 Å². The molecule has 0 bridgehead atoms. The number of halogens is 1. The van der Waals surface area contributed by atoms with E-state index in [1.54, 1.807) is 41.2 Å². The summed E-state index contributed by atoms with van der Waals surface area (Å²) in [5.41, 5.74) is 3.04. The van der Waals surface area contributed by atoms with Crippen molar-refractivity contribution in [2.24, 2.45) is 0 Å². The predicted molar refractivity (Wildman–Crippen MR) is 103 cm³/mol. The Morgan fingerprint density at radius 2 is 1.92 bits per heavy atom. The molecule has 1 heterocycles. The summed E-state index contributed by atoms with van der Waals surface area (Å²) in [6.07, 6.45) is 3.51. The highest BCUT2D eigenvalue weighted by atomic mass is 79.9. The lowest BCUT2D eigenvalue weighted by Crippen LogP contribution is -2.32. The van der Waals surface area contributed by atoms with Crippen molar-refractivity contribution in [1.29, 1.82) is 0 Å². The van der Waals surface area contributed by atoms with Gasteiger partial charge in [0, 0.05) is 28.1 Å². The third-order valence-corrected chi connectivity index (χ3v) is 4.64. The normalized spacial score (nSPS) is 10.4. The fraction of sp³-hybridized carbons (Fsp3) is 0.105. The van der Waals surface area contributed by atoms with E-state index in [-0.39, 0.29) is 18.4 Å². The molecule has 0 aliphatic heterocycles. The molecule has 132 valence electrons. The summed E-state index contributed by atoms with van der Waals surface area (Å²) in [6.45, 7) is 1.84. The number of benzene rings is 2. The maximum Gasteiger partial charge on any atom is 0.251 e. The van der Waals surface area contributed by atoms with Crippen LogP contribution >= 0.6 is 15.9 Å². The van der Waals surface area contributed by atoms with Gasteiger partial charge in [0.15, 0.2) is 0 Å². The van der Waals surface area contributed by atoms with Crippen LogP contribution in [0.2, 0.25) is 0 Å². The van der Waals surface area contributed by atoms with Crippen LogP contribution in [0.3, 0.4) is 0 Å². The lowest BCUT2D eigenvalue weighted by molar-refractivity contribution is -0.115. The minimum absolute atomic E-state index is 0.102. The minimum atomic E-state index is -0.306. The zero-order valence-corrected chi connectivity index (χ0v) is 15.7. The molecule has 3 aromatic rings. The van der Waals surface area contributed by atoms with E-state index in [0.29, 0.717) is 11.3 Å². The molecule has 1 aromatic heterocycles. The molecule has 0 saturated carbocycles. The van der Waals surface area contributed by atoms with E-state index in [0.717, 1.165) is 15.7 Å². The van der Waals surface area contributed by atoms with Crippen molar-refractivity contribution in [2.75, 3.05) is 11.9 Å². The topological polar surface area (TPSA) is 76.0 Å². The number of aromatic nitrogens is 2. The molecule has 0 atom stereocenters. The van der Waals surface area contributed by atoms with Crippen LogP contribution in [0, 0.1) is 6.92 Å². The molecule has 0 saturated heterocycles.